The van der Waals surface area contributed by atoms with Crippen LogP contribution in [-0.2, 0) is 4.79 Å². The lowest BCUT2D eigenvalue weighted by Crippen LogP contribution is -2.40. The maximum atomic E-state index is 11.1. The number of primary amides is 1. The van der Waals surface area contributed by atoms with Crippen molar-refractivity contribution >= 4 is 17.8 Å². The van der Waals surface area contributed by atoms with Crippen molar-refractivity contribution in [3.63, 3.8) is 0 Å². The number of carboxylic acid groups (broad SMARTS) is 1. The van der Waals surface area contributed by atoms with Crippen LogP contribution < -0.4 is 10.6 Å². The van der Waals surface area contributed by atoms with Crippen molar-refractivity contribution in [3.05, 3.63) is 11.8 Å². The molecule has 0 aromatic carbocycles. The van der Waals surface area contributed by atoms with Crippen LogP contribution in [0.3, 0.4) is 0 Å². The van der Waals surface area contributed by atoms with Crippen molar-refractivity contribution < 1.29 is 19.2 Å². The van der Waals surface area contributed by atoms with E-state index in [-0.39, 0.29) is 12.4 Å². The van der Waals surface area contributed by atoms with E-state index < -0.39 is 17.9 Å². The number of urea groups is 1. The Balaban J connectivity index is 2.84. The molecular formula is C9H13N3O4. The topological polar surface area (TPSA) is 110 Å². The largest absolute Gasteiger partial charge is 0.481 e. The van der Waals surface area contributed by atoms with Crippen LogP contribution in [0.25, 0.3) is 0 Å². The van der Waals surface area contributed by atoms with Gasteiger partial charge in [-0.3, -0.25) is 9.69 Å². The van der Waals surface area contributed by atoms with Crippen LogP contribution in [0.2, 0.25) is 0 Å². The van der Waals surface area contributed by atoms with Gasteiger partial charge in [0, 0.05) is 12.6 Å². The normalized spacial score (nSPS) is 12.1. The molecule has 0 saturated heterocycles. The van der Waals surface area contributed by atoms with E-state index >= 15 is 0 Å². The van der Waals surface area contributed by atoms with Crippen molar-refractivity contribution in [1.29, 1.82) is 0 Å². The van der Waals surface area contributed by atoms with Crippen LogP contribution in [0.15, 0.2) is 10.6 Å². The number of aromatic nitrogens is 1. The van der Waals surface area contributed by atoms with Gasteiger partial charge in [0.2, 0.25) is 0 Å². The van der Waals surface area contributed by atoms with Gasteiger partial charge in [0.15, 0.2) is 5.82 Å². The van der Waals surface area contributed by atoms with Crippen molar-refractivity contribution in [1.82, 2.24) is 5.16 Å². The van der Waals surface area contributed by atoms with E-state index in [2.05, 4.69) is 5.16 Å². The molecule has 1 heterocycles. The maximum absolute atomic E-state index is 11.1. The van der Waals surface area contributed by atoms with Crippen molar-refractivity contribution in [2.45, 2.75) is 13.8 Å². The third kappa shape index (κ3) is 2.72. The van der Waals surface area contributed by atoms with E-state index in [9.17, 15) is 9.59 Å². The van der Waals surface area contributed by atoms with Crippen LogP contribution in [-0.4, -0.2) is 28.8 Å². The third-order valence-corrected chi connectivity index (χ3v) is 2.04. The first kappa shape index (κ1) is 12.0. The van der Waals surface area contributed by atoms with E-state index in [1.54, 1.807) is 6.92 Å². The fraction of sp³-hybridized carbons (Fsp3) is 0.444. The molecule has 3 N–H and O–H groups in total. The number of hydrogen-bond donors (Lipinski definition) is 2. The smallest absolute Gasteiger partial charge is 0.320 e. The number of nitrogens with two attached hydrogens (primary N) is 1. The highest BCUT2D eigenvalue weighted by Gasteiger charge is 2.22. The fourth-order valence-corrected chi connectivity index (χ4v) is 1.13. The van der Waals surface area contributed by atoms with Gasteiger partial charge in [-0.1, -0.05) is 12.1 Å². The van der Waals surface area contributed by atoms with E-state index in [4.69, 9.17) is 15.4 Å². The summed E-state index contributed by atoms with van der Waals surface area (Å²) in [5.41, 5.74) is 5.14. The van der Waals surface area contributed by atoms with Gasteiger partial charge < -0.3 is 15.4 Å². The number of amides is 2. The summed E-state index contributed by atoms with van der Waals surface area (Å²) >= 11 is 0. The number of nitrogens with zero attached hydrogens (tertiary/aromatic N) is 2. The number of carbonyl (C=O) groups is 2. The lowest BCUT2D eigenvalue weighted by molar-refractivity contribution is -0.140. The molecule has 1 unspecified atom stereocenters. The minimum Gasteiger partial charge on any atom is -0.481 e. The predicted molar refractivity (Wildman–Crippen MR) is 55.0 cm³/mol. The van der Waals surface area contributed by atoms with Gasteiger partial charge in [-0.25, -0.2) is 4.79 Å². The van der Waals surface area contributed by atoms with Crippen LogP contribution in [0.4, 0.5) is 10.6 Å². The summed E-state index contributed by atoms with van der Waals surface area (Å²) in [6.45, 7) is 3.10. The lowest BCUT2D eigenvalue weighted by atomic mass is 10.2. The highest BCUT2D eigenvalue weighted by atomic mass is 16.5. The minimum absolute atomic E-state index is 0.0450. The first-order valence-electron chi connectivity index (χ1n) is 4.65. The molecule has 2 amide bonds. The molecule has 0 aliphatic carbocycles. The van der Waals surface area contributed by atoms with Gasteiger partial charge in [-0.2, -0.15) is 0 Å². The molecule has 1 aromatic rings. The standard InChI is InChI=1S/C9H13N3O4/c1-5(8(13)14)4-12(9(10)15)7-3-6(2)16-11-7/h3,5H,4H2,1-2H3,(H2,10,15)(H,13,14). The third-order valence-electron chi connectivity index (χ3n) is 2.04. The molecular weight excluding hydrogens is 214 g/mol. The number of hydrogen-bond acceptors (Lipinski definition) is 4. The second-order valence-electron chi connectivity index (χ2n) is 3.48. The monoisotopic (exact) mass is 227 g/mol. The Morgan fingerprint density at radius 1 is 1.69 bits per heavy atom. The summed E-state index contributed by atoms with van der Waals surface area (Å²) in [5.74, 6) is -1.00. The number of anilines is 1. The van der Waals surface area contributed by atoms with Crippen molar-refractivity contribution in [3.8, 4) is 0 Å². The summed E-state index contributed by atoms with van der Waals surface area (Å²) in [5, 5.41) is 12.3. The molecule has 0 fully saturated rings. The molecule has 7 heteroatoms. The van der Waals surface area contributed by atoms with E-state index in [1.165, 1.54) is 13.0 Å². The predicted octanol–water partition coefficient (Wildman–Crippen LogP) is 0.589. The van der Waals surface area contributed by atoms with E-state index in [1.807, 2.05) is 0 Å². The average Bonchev–Trinajstić information content (AvgIpc) is 2.59. The first-order valence-corrected chi connectivity index (χ1v) is 4.65. The highest BCUT2D eigenvalue weighted by molar-refractivity contribution is 5.90. The molecule has 0 saturated carbocycles. The molecule has 0 radical (unpaired) electrons. The molecule has 1 aromatic heterocycles. The molecule has 0 spiro atoms. The first-order chi connectivity index (χ1) is 7.41. The molecule has 0 aliphatic rings. The summed E-state index contributed by atoms with van der Waals surface area (Å²) in [7, 11) is 0. The van der Waals surface area contributed by atoms with Gasteiger partial charge in [-0.05, 0) is 6.92 Å². The van der Waals surface area contributed by atoms with Crippen LogP contribution in [0.5, 0.6) is 0 Å². The Morgan fingerprint density at radius 2 is 2.31 bits per heavy atom. The van der Waals surface area contributed by atoms with E-state index in [0.717, 1.165) is 4.90 Å². The second kappa shape index (κ2) is 4.65. The van der Waals surface area contributed by atoms with Crippen LogP contribution in [0, 0.1) is 12.8 Å². The molecule has 1 rings (SSSR count). The SMILES string of the molecule is Cc1cc(N(CC(C)C(=O)O)C(N)=O)no1. The number of rotatable bonds is 4. The fourth-order valence-electron chi connectivity index (χ4n) is 1.13. The summed E-state index contributed by atoms with van der Waals surface area (Å²) < 4.78 is 4.79. The number of aliphatic carboxylic acids is 1. The Morgan fingerprint density at radius 3 is 2.69 bits per heavy atom. The van der Waals surface area contributed by atoms with Gasteiger partial charge in [-0.15, -0.1) is 0 Å². The summed E-state index contributed by atoms with van der Waals surface area (Å²) in [6, 6.07) is 0.751. The van der Waals surface area contributed by atoms with Crippen molar-refractivity contribution in [2.24, 2.45) is 11.7 Å². The molecule has 0 aliphatic heterocycles. The molecule has 1 atom stereocenters. The average molecular weight is 227 g/mol. The summed E-state index contributed by atoms with van der Waals surface area (Å²) in [6.07, 6.45) is 0. The van der Waals surface area contributed by atoms with Gasteiger partial charge in [0.1, 0.15) is 5.76 Å². The number of carboxylic acids is 1. The number of carbonyl (C=O) groups excluding carboxylic acids is 1. The molecule has 88 valence electrons. The Kier molecular flexibility index (Phi) is 3.49. The Bertz CT molecular complexity index is 401. The lowest BCUT2D eigenvalue weighted by Gasteiger charge is -2.18. The van der Waals surface area contributed by atoms with Crippen LogP contribution >= 0.6 is 0 Å². The maximum Gasteiger partial charge on any atom is 0.320 e. The molecule has 7 nitrogen and oxygen atoms in total. The van der Waals surface area contributed by atoms with Gasteiger partial charge >= 0.3 is 12.0 Å². The van der Waals surface area contributed by atoms with Crippen molar-refractivity contribution in [2.75, 3.05) is 11.4 Å². The Labute approximate surface area is 91.8 Å². The van der Waals surface area contributed by atoms with Gasteiger partial charge in [0.25, 0.3) is 0 Å². The summed E-state index contributed by atoms with van der Waals surface area (Å²) in [4.78, 5) is 22.9. The van der Waals surface area contributed by atoms with Crippen LogP contribution in [0.1, 0.15) is 12.7 Å². The Hall–Kier alpha value is -2.05. The van der Waals surface area contributed by atoms with Gasteiger partial charge in [0.05, 0.1) is 5.92 Å². The molecule has 0 bridgehead atoms. The molecule has 16 heavy (non-hydrogen) atoms. The number of aryl methyl sites for hydroxylation is 1. The zero-order chi connectivity index (χ0) is 12.3. The minimum atomic E-state index is -1.01. The van der Waals surface area contributed by atoms with E-state index in [0.29, 0.717) is 5.76 Å². The second-order valence-corrected chi connectivity index (χ2v) is 3.48. The zero-order valence-electron chi connectivity index (χ0n) is 9.01. The highest BCUT2D eigenvalue weighted by Crippen LogP contribution is 2.15. The quantitative estimate of drug-likeness (QED) is 0.782. The zero-order valence-corrected chi connectivity index (χ0v) is 9.01.